The largest absolute Gasteiger partial charge is 1.00 e. The van der Waals surface area contributed by atoms with Crippen LogP contribution in [0.1, 0.15) is 45.4 Å². The van der Waals surface area contributed by atoms with Crippen LogP contribution >= 0.6 is 0 Å². The van der Waals surface area contributed by atoms with E-state index in [1.807, 2.05) is 6.07 Å². The van der Waals surface area contributed by atoms with Gasteiger partial charge in [-0.3, -0.25) is 4.79 Å². The summed E-state index contributed by atoms with van der Waals surface area (Å²) < 4.78 is 5.72. The van der Waals surface area contributed by atoms with Crippen molar-refractivity contribution in [1.29, 1.82) is 0 Å². The molecule has 27 heavy (non-hydrogen) atoms. The molecule has 2 rings (SSSR count). The number of ether oxygens (including phenoxy) is 1. The fourth-order valence-electron chi connectivity index (χ4n) is 2.30. The van der Waals surface area contributed by atoms with E-state index in [9.17, 15) is 4.79 Å². The maximum atomic E-state index is 12.2. The number of aromatic nitrogens is 1. The average Bonchev–Trinajstić information content (AvgIpc) is 2.63. The number of carbonyl (C=O) groups excluding carboxylic acids is 1. The summed E-state index contributed by atoms with van der Waals surface area (Å²) in [6.07, 6.45) is 8.08. The Morgan fingerprint density at radius 2 is 1.85 bits per heavy atom. The van der Waals surface area contributed by atoms with Crippen molar-refractivity contribution in [3.05, 3.63) is 77.5 Å². The zero-order chi connectivity index (χ0) is 18.8. The van der Waals surface area contributed by atoms with Gasteiger partial charge in [-0.2, -0.15) is 0 Å². The number of nitrogens with zero attached hydrogens (tertiary/aromatic N) is 1. The normalized spacial score (nSPS) is 10.6. The van der Waals surface area contributed by atoms with E-state index in [0.29, 0.717) is 18.0 Å². The number of amides is 1. The van der Waals surface area contributed by atoms with E-state index in [2.05, 4.69) is 43.2 Å². The van der Waals surface area contributed by atoms with Crippen molar-refractivity contribution < 1.29 is 40.5 Å². The van der Waals surface area contributed by atoms with E-state index >= 15 is 0 Å². The van der Waals surface area contributed by atoms with Gasteiger partial charge in [0.15, 0.2) is 0 Å². The molecule has 1 heterocycles. The van der Waals surface area contributed by atoms with Gasteiger partial charge in [0.25, 0.3) is 5.91 Å². The van der Waals surface area contributed by atoms with Gasteiger partial charge in [-0.15, -0.1) is 0 Å². The Hall–Kier alpha value is -1.88. The number of benzene rings is 1. The summed E-state index contributed by atoms with van der Waals surface area (Å²) in [6.45, 7) is 6.87. The molecule has 0 aliphatic carbocycles. The molecule has 1 N–H and O–H groups in total. The molecule has 1 amide bonds. The molecule has 138 valence electrons. The monoisotopic (exact) mass is 374 g/mol. The number of hydrogen-bond acceptors (Lipinski definition) is 3. The summed E-state index contributed by atoms with van der Waals surface area (Å²) >= 11 is 0. The third kappa shape index (κ3) is 9.05. The van der Waals surface area contributed by atoms with Gasteiger partial charge in [-0.1, -0.05) is 23.3 Å². The zero-order valence-corrected chi connectivity index (χ0v) is 18.7. The number of allylic oxidation sites excluding steroid dienone is 3. The van der Waals surface area contributed by atoms with Crippen molar-refractivity contribution in [2.45, 2.75) is 33.6 Å². The maximum Gasteiger partial charge on any atom is 1.00 e. The van der Waals surface area contributed by atoms with Crippen LogP contribution in [0.5, 0.6) is 5.75 Å². The molecule has 0 saturated carbocycles. The van der Waals surface area contributed by atoms with Crippen LogP contribution in [0.15, 0.2) is 72.0 Å². The molecule has 2 aromatic rings. The molecule has 0 unspecified atom stereocenters. The molecular formula is C22H27N2NaO2. The van der Waals surface area contributed by atoms with E-state index < -0.39 is 0 Å². The maximum absolute atomic E-state index is 12.2. The van der Waals surface area contributed by atoms with Gasteiger partial charge in [0.1, 0.15) is 18.2 Å². The van der Waals surface area contributed by atoms with Crippen molar-refractivity contribution in [2.24, 2.45) is 0 Å². The number of rotatable bonds is 8. The Kier molecular flexibility index (Phi) is 10.7. The first kappa shape index (κ1) is 23.2. The third-order valence-corrected chi connectivity index (χ3v) is 3.80. The summed E-state index contributed by atoms with van der Waals surface area (Å²) in [4.78, 5) is 16.3. The Bertz CT molecular complexity index is 771. The van der Waals surface area contributed by atoms with Crippen LogP contribution in [0.3, 0.4) is 0 Å². The van der Waals surface area contributed by atoms with E-state index in [1.54, 1.807) is 42.6 Å². The molecule has 0 fully saturated rings. The summed E-state index contributed by atoms with van der Waals surface area (Å²) in [5.41, 5.74) is 3.23. The molecule has 0 bridgehead atoms. The Morgan fingerprint density at radius 1 is 1.11 bits per heavy atom. The van der Waals surface area contributed by atoms with Crippen LogP contribution in [-0.4, -0.2) is 17.5 Å². The van der Waals surface area contributed by atoms with Crippen LogP contribution < -0.4 is 39.6 Å². The number of carbonyl (C=O) groups is 1. The van der Waals surface area contributed by atoms with E-state index in [1.165, 1.54) is 11.1 Å². The predicted molar refractivity (Wildman–Crippen MR) is 108 cm³/mol. The van der Waals surface area contributed by atoms with Crippen LogP contribution in [0.4, 0.5) is 5.82 Å². The van der Waals surface area contributed by atoms with Gasteiger partial charge in [0, 0.05) is 11.8 Å². The standard InChI is InChI=1S/C22H26N2O2.Na.H/c1-17(2)7-6-8-18(3)14-16-26-20-12-10-19(11-13-20)22(25)24-21-9-4-5-15-23-21;;/h4-5,7,9-15H,6,8,16H2,1-3H3,(H,23,24,25);;/q;+1;-1/b18-14+;;. The number of nitrogens with one attached hydrogen (secondary N) is 1. The van der Waals surface area contributed by atoms with E-state index in [0.717, 1.165) is 18.6 Å². The molecule has 0 aliphatic rings. The Morgan fingerprint density at radius 3 is 2.48 bits per heavy atom. The first-order valence-electron chi connectivity index (χ1n) is 8.79. The summed E-state index contributed by atoms with van der Waals surface area (Å²) in [5, 5.41) is 2.76. The van der Waals surface area contributed by atoms with Crippen molar-refractivity contribution in [3.8, 4) is 5.75 Å². The van der Waals surface area contributed by atoms with Crippen LogP contribution in [-0.2, 0) is 0 Å². The molecule has 1 aromatic heterocycles. The molecule has 0 saturated heterocycles. The van der Waals surface area contributed by atoms with Gasteiger partial charge in [-0.05, 0) is 76.1 Å². The van der Waals surface area contributed by atoms with E-state index in [4.69, 9.17) is 4.74 Å². The summed E-state index contributed by atoms with van der Waals surface area (Å²) in [5.74, 6) is 1.09. The second-order valence-electron chi connectivity index (χ2n) is 6.38. The number of hydrogen-bond donors (Lipinski definition) is 1. The predicted octanol–water partition coefficient (Wildman–Crippen LogP) is 2.52. The number of pyridine rings is 1. The fourth-order valence-corrected chi connectivity index (χ4v) is 2.30. The van der Waals surface area contributed by atoms with Crippen molar-refractivity contribution >= 4 is 11.7 Å². The van der Waals surface area contributed by atoms with Gasteiger partial charge in [-0.25, -0.2) is 4.98 Å². The number of anilines is 1. The van der Waals surface area contributed by atoms with Gasteiger partial charge >= 0.3 is 29.6 Å². The second kappa shape index (κ2) is 12.5. The molecule has 4 nitrogen and oxygen atoms in total. The average molecular weight is 374 g/mol. The summed E-state index contributed by atoms with van der Waals surface area (Å²) in [7, 11) is 0. The Labute approximate surface area is 185 Å². The van der Waals surface area contributed by atoms with Crippen LogP contribution in [0.25, 0.3) is 0 Å². The van der Waals surface area contributed by atoms with Crippen molar-refractivity contribution in [1.82, 2.24) is 4.98 Å². The van der Waals surface area contributed by atoms with Crippen LogP contribution in [0.2, 0.25) is 0 Å². The molecule has 1 aromatic carbocycles. The quantitative estimate of drug-likeness (QED) is 0.571. The molecule has 0 atom stereocenters. The topological polar surface area (TPSA) is 51.2 Å². The second-order valence-corrected chi connectivity index (χ2v) is 6.38. The smallest absolute Gasteiger partial charge is 1.00 e. The van der Waals surface area contributed by atoms with Crippen LogP contribution in [0, 0.1) is 0 Å². The Balaban J connectivity index is 0.00000364. The molecular weight excluding hydrogens is 347 g/mol. The molecule has 0 spiro atoms. The first-order chi connectivity index (χ1) is 12.5. The third-order valence-electron chi connectivity index (χ3n) is 3.80. The molecule has 0 aliphatic heterocycles. The summed E-state index contributed by atoms with van der Waals surface area (Å²) in [6, 6.07) is 12.5. The first-order valence-corrected chi connectivity index (χ1v) is 8.79. The minimum Gasteiger partial charge on any atom is -1.00 e. The molecule has 5 heteroatoms. The zero-order valence-electron chi connectivity index (χ0n) is 17.7. The SMILES string of the molecule is CC(C)=CCC/C(C)=C/COc1ccc(C(=O)Nc2ccccn2)cc1.[H-].[Na+]. The van der Waals surface area contributed by atoms with Crippen molar-refractivity contribution in [2.75, 3.05) is 11.9 Å². The fraction of sp³-hybridized carbons (Fsp3) is 0.273. The van der Waals surface area contributed by atoms with E-state index in [-0.39, 0.29) is 36.9 Å². The minimum absolute atomic E-state index is 0. The molecule has 0 radical (unpaired) electrons. The minimum atomic E-state index is -0.190. The van der Waals surface area contributed by atoms with Gasteiger partial charge < -0.3 is 11.5 Å². The van der Waals surface area contributed by atoms with Crippen molar-refractivity contribution in [3.63, 3.8) is 0 Å². The van der Waals surface area contributed by atoms with Gasteiger partial charge in [0.2, 0.25) is 0 Å². The van der Waals surface area contributed by atoms with Gasteiger partial charge in [0.05, 0.1) is 0 Å².